The molecule has 0 aromatic carbocycles. The van der Waals surface area contributed by atoms with Crippen LogP contribution in [0.3, 0.4) is 0 Å². The summed E-state index contributed by atoms with van der Waals surface area (Å²) in [5, 5.41) is 6.44. The Morgan fingerprint density at radius 1 is 0.591 bits per heavy atom. The van der Waals surface area contributed by atoms with Crippen LogP contribution in [0.2, 0.25) is 0 Å². The van der Waals surface area contributed by atoms with Gasteiger partial charge >= 0.3 is 0 Å². The minimum Gasteiger partial charge on any atom is -0.344 e. The molecular formula is C17H35N5. The lowest BCUT2D eigenvalue weighted by molar-refractivity contribution is 0.438. The van der Waals surface area contributed by atoms with Crippen molar-refractivity contribution in [3.8, 4) is 0 Å². The summed E-state index contributed by atoms with van der Waals surface area (Å²) in [4.78, 5) is 8.92. The Bertz CT molecular complexity index is 276. The molecule has 0 radical (unpaired) electrons. The summed E-state index contributed by atoms with van der Waals surface area (Å²) < 4.78 is 0. The molecule has 5 N–H and O–H groups in total. The van der Waals surface area contributed by atoms with Gasteiger partial charge in [0.15, 0.2) is 0 Å². The maximum absolute atomic E-state index is 4.46. The summed E-state index contributed by atoms with van der Waals surface area (Å²) in [6.07, 6.45) is 13.2. The predicted octanol–water partition coefficient (Wildman–Crippen LogP) is 3.17. The van der Waals surface area contributed by atoms with E-state index in [0.29, 0.717) is 12.1 Å². The van der Waals surface area contributed by atoms with E-state index in [1.807, 2.05) is 0 Å². The molecule has 128 valence electrons. The first kappa shape index (κ1) is 19.3. The Labute approximate surface area is 136 Å². The third-order valence-electron chi connectivity index (χ3n) is 4.59. The molecule has 5 nitrogen and oxygen atoms in total. The maximum Gasteiger partial charge on any atom is 0.0898 e. The van der Waals surface area contributed by atoms with Gasteiger partial charge in [0.05, 0.1) is 18.1 Å². The first-order valence-corrected chi connectivity index (χ1v) is 9.01. The molecule has 1 heterocycles. The Morgan fingerprint density at radius 2 is 0.955 bits per heavy atom. The molecule has 0 spiro atoms. The van der Waals surface area contributed by atoms with E-state index in [9.17, 15) is 0 Å². The lowest BCUT2D eigenvalue weighted by Crippen LogP contribution is -2.39. The zero-order valence-corrected chi connectivity index (χ0v) is 14.2. The largest absolute Gasteiger partial charge is 0.344 e. The molecule has 1 saturated heterocycles. The van der Waals surface area contributed by atoms with Gasteiger partial charge in [-0.05, 0) is 25.7 Å². The Kier molecular flexibility index (Phi) is 11.2. The molecule has 0 bridgehead atoms. The monoisotopic (exact) mass is 309 g/mol. The summed E-state index contributed by atoms with van der Waals surface area (Å²) >= 11 is 0. The van der Waals surface area contributed by atoms with Gasteiger partial charge in [0.1, 0.15) is 0 Å². The lowest BCUT2D eigenvalue weighted by Gasteiger charge is -2.17. The second-order valence-corrected chi connectivity index (χ2v) is 6.44. The van der Waals surface area contributed by atoms with E-state index < -0.39 is 0 Å². The SMILES string of the molecule is C(=NC1CCCCC1)=NC1CCCCC1.C1CNCCN1.N. The topological polar surface area (TPSA) is 83.8 Å². The molecule has 22 heavy (non-hydrogen) atoms. The van der Waals surface area contributed by atoms with Crippen molar-refractivity contribution in [2.75, 3.05) is 26.2 Å². The number of aliphatic imine (C=N–C) groups is 2. The van der Waals surface area contributed by atoms with Gasteiger partial charge < -0.3 is 16.8 Å². The molecule has 0 amide bonds. The van der Waals surface area contributed by atoms with Crippen LogP contribution in [0.1, 0.15) is 64.2 Å². The highest BCUT2D eigenvalue weighted by atomic mass is 15.0. The van der Waals surface area contributed by atoms with E-state index in [1.165, 1.54) is 64.2 Å². The summed E-state index contributed by atoms with van der Waals surface area (Å²) in [5.74, 6) is 0. The van der Waals surface area contributed by atoms with Gasteiger partial charge in [0.2, 0.25) is 0 Å². The van der Waals surface area contributed by atoms with E-state index in [0.717, 1.165) is 26.2 Å². The van der Waals surface area contributed by atoms with Crippen molar-refractivity contribution in [2.24, 2.45) is 9.98 Å². The molecule has 0 atom stereocenters. The fourth-order valence-corrected chi connectivity index (χ4v) is 3.22. The third-order valence-corrected chi connectivity index (χ3v) is 4.59. The van der Waals surface area contributed by atoms with Gasteiger partial charge in [-0.2, -0.15) is 0 Å². The zero-order valence-electron chi connectivity index (χ0n) is 14.2. The van der Waals surface area contributed by atoms with Crippen LogP contribution in [0.4, 0.5) is 0 Å². The average molecular weight is 310 g/mol. The molecule has 3 fully saturated rings. The van der Waals surface area contributed by atoms with Crippen LogP contribution < -0.4 is 16.8 Å². The summed E-state index contributed by atoms with van der Waals surface area (Å²) in [6.45, 7) is 4.56. The summed E-state index contributed by atoms with van der Waals surface area (Å²) in [7, 11) is 0. The summed E-state index contributed by atoms with van der Waals surface area (Å²) in [6, 6.07) is 4.04. The van der Waals surface area contributed by atoms with E-state index in [1.54, 1.807) is 0 Å². The molecule has 0 aromatic rings. The first-order chi connectivity index (χ1) is 10.4. The van der Waals surface area contributed by atoms with Crippen LogP contribution in [0, 0.1) is 0 Å². The predicted molar refractivity (Wildman–Crippen MR) is 94.4 cm³/mol. The second kappa shape index (κ2) is 12.8. The number of hydrogen-bond donors (Lipinski definition) is 3. The highest BCUT2D eigenvalue weighted by Crippen LogP contribution is 2.21. The average Bonchev–Trinajstić information content (AvgIpc) is 2.59. The molecule has 2 aliphatic carbocycles. The number of rotatable bonds is 2. The van der Waals surface area contributed by atoms with Crippen molar-refractivity contribution >= 4 is 6.01 Å². The lowest BCUT2D eigenvalue weighted by atomic mass is 9.96. The van der Waals surface area contributed by atoms with E-state index in [-0.39, 0.29) is 6.15 Å². The minimum absolute atomic E-state index is 0. The molecule has 0 aromatic heterocycles. The number of piperazine rings is 1. The van der Waals surface area contributed by atoms with Crippen LogP contribution in [-0.2, 0) is 0 Å². The molecule has 1 aliphatic heterocycles. The fourth-order valence-electron chi connectivity index (χ4n) is 3.22. The molecular weight excluding hydrogens is 274 g/mol. The fraction of sp³-hybridized carbons (Fsp3) is 0.941. The van der Waals surface area contributed by atoms with Crippen LogP contribution in [0.5, 0.6) is 0 Å². The van der Waals surface area contributed by atoms with Gasteiger partial charge in [0, 0.05) is 26.2 Å². The van der Waals surface area contributed by atoms with Crippen LogP contribution in [0.25, 0.3) is 0 Å². The van der Waals surface area contributed by atoms with Crippen LogP contribution in [-0.4, -0.2) is 44.3 Å². The van der Waals surface area contributed by atoms with E-state index in [2.05, 4.69) is 26.6 Å². The van der Waals surface area contributed by atoms with Crippen molar-refractivity contribution in [2.45, 2.75) is 76.3 Å². The first-order valence-electron chi connectivity index (χ1n) is 9.01. The molecule has 0 unspecified atom stereocenters. The van der Waals surface area contributed by atoms with Crippen LogP contribution in [0.15, 0.2) is 9.98 Å². The Balaban J connectivity index is 0.000000293. The van der Waals surface area contributed by atoms with Crippen molar-refractivity contribution in [3.05, 3.63) is 0 Å². The standard InChI is InChI=1S/C13H22N2.C4H10N2.H3N/c1-3-7-12(8-4-1)14-11-15-13-9-5-2-6-10-13;1-2-6-4-3-5-1;/h12-13H,1-10H2;5-6H,1-4H2;1H3. The number of nitrogens with zero attached hydrogens (tertiary/aromatic N) is 2. The quantitative estimate of drug-likeness (QED) is 0.685. The normalized spacial score (nSPS) is 23.3. The Morgan fingerprint density at radius 3 is 1.27 bits per heavy atom. The van der Waals surface area contributed by atoms with Gasteiger partial charge in [0.25, 0.3) is 0 Å². The molecule has 3 rings (SSSR count). The third kappa shape index (κ3) is 8.64. The highest BCUT2D eigenvalue weighted by molar-refractivity contribution is 5.42. The van der Waals surface area contributed by atoms with E-state index in [4.69, 9.17) is 0 Å². The molecule has 2 saturated carbocycles. The molecule has 5 heteroatoms. The van der Waals surface area contributed by atoms with Gasteiger partial charge in [-0.3, -0.25) is 0 Å². The number of hydrogen-bond acceptors (Lipinski definition) is 5. The smallest absolute Gasteiger partial charge is 0.0898 e. The zero-order chi connectivity index (χ0) is 14.6. The van der Waals surface area contributed by atoms with Crippen LogP contribution >= 0.6 is 0 Å². The minimum atomic E-state index is 0. The van der Waals surface area contributed by atoms with Gasteiger partial charge in [-0.15, -0.1) is 0 Å². The molecule has 3 aliphatic rings. The summed E-state index contributed by atoms with van der Waals surface area (Å²) in [5.41, 5.74) is 0. The van der Waals surface area contributed by atoms with E-state index >= 15 is 0 Å². The highest BCUT2D eigenvalue weighted by Gasteiger charge is 2.12. The van der Waals surface area contributed by atoms with Gasteiger partial charge in [-0.1, -0.05) is 38.5 Å². The Hall–Kier alpha value is -0.740. The van der Waals surface area contributed by atoms with Gasteiger partial charge in [-0.25, -0.2) is 9.98 Å². The second-order valence-electron chi connectivity index (χ2n) is 6.44. The van der Waals surface area contributed by atoms with Crippen molar-refractivity contribution < 1.29 is 0 Å². The van der Waals surface area contributed by atoms with Crippen molar-refractivity contribution in [1.29, 1.82) is 0 Å². The number of nitrogens with one attached hydrogen (secondary N) is 2. The van der Waals surface area contributed by atoms with Crippen molar-refractivity contribution in [3.63, 3.8) is 0 Å². The van der Waals surface area contributed by atoms with Crippen molar-refractivity contribution in [1.82, 2.24) is 16.8 Å². The maximum atomic E-state index is 4.46.